The Morgan fingerprint density at radius 1 is 1.16 bits per heavy atom. The molecule has 7 atom stereocenters. The summed E-state index contributed by atoms with van der Waals surface area (Å²) in [5.74, 6) is 2.32. The van der Waals surface area contributed by atoms with E-state index in [0.29, 0.717) is 22.9 Å². The quantitative estimate of drug-likeness (QED) is 0.538. The first-order valence-corrected chi connectivity index (χ1v) is 11.0. The van der Waals surface area contributed by atoms with Crippen molar-refractivity contribution < 1.29 is 9.84 Å². The van der Waals surface area contributed by atoms with Crippen LogP contribution in [0.2, 0.25) is 0 Å². The summed E-state index contributed by atoms with van der Waals surface area (Å²) in [5.41, 5.74) is 2.51. The summed E-state index contributed by atoms with van der Waals surface area (Å²) in [6.45, 7) is 8.24. The molecule has 4 aliphatic rings. The SMILES string of the molecule is CCCCOC1CCC2C3CCC4CC(O)CCC4(C)C3=CCC12C. The second kappa shape index (κ2) is 6.68. The fourth-order valence-corrected chi connectivity index (χ4v) is 7.10. The molecule has 0 bridgehead atoms. The molecule has 1 N–H and O–H groups in total. The molecule has 4 aliphatic carbocycles. The topological polar surface area (TPSA) is 29.5 Å². The molecule has 0 spiro atoms. The molecule has 3 saturated carbocycles. The number of rotatable bonds is 4. The van der Waals surface area contributed by atoms with Crippen molar-refractivity contribution in [2.45, 2.75) is 97.2 Å². The molecule has 2 heteroatoms. The third-order valence-corrected chi connectivity index (χ3v) is 8.73. The van der Waals surface area contributed by atoms with Gasteiger partial charge in [-0.25, -0.2) is 0 Å². The molecule has 3 fully saturated rings. The molecule has 0 saturated heterocycles. The maximum absolute atomic E-state index is 10.2. The molecule has 0 aromatic heterocycles. The van der Waals surface area contributed by atoms with E-state index in [4.69, 9.17) is 4.74 Å². The minimum atomic E-state index is -0.0492. The Hall–Kier alpha value is -0.340. The van der Waals surface area contributed by atoms with Crippen LogP contribution in [0, 0.1) is 28.6 Å². The van der Waals surface area contributed by atoms with Crippen LogP contribution in [-0.4, -0.2) is 23.9 Å². The van der Waals surface area contributed by atoms with Crippen molar-refractivity contribution in [3.63, 3.8) is 0 Å². The van der Waals surface area contributed by atoms with Gasteiger partial charge in [0.15, 0.2) is 0 Å². The van der Waals surface area contributed by atoms with E-state index in [1.807, 2.05) is 0 Å². The van der Waals surface area contributed by atoms with Gasteiger partial charge >= 0.3 is 0 Å². The van der Waals surface area contributed by atoms with E-state index in [1.54, 1.807) is 5.57 Å². The molecule has 0 aromatic rings. The van der Waals surface area contributed by atoms with Crippen molar-refractivity contribution in [2.75, 3.05) is 6.61 Å². The highest BCUT2D eigenvalue weighted by Crippen LogP contribution is 2.64. The number of aliphatic hydroxyl groups is 1. The minimum Gasteiger partial charge on any atom is -0.393 e. The fourth-order valence-electron chi connectivity index (χ4n) is 7.10. The van der Waals surface area contributed by atoms with E-state index in [1.165, 1.54) is 51.4 Å². The Balaban J connectivity index is 1.56. The molecule has 2 nitrogen and oxygen atoms in total. The lowest BCUT2D eigenvalue weighted by Gasteiger charge is -2.56. The summed E-state index contributed by atoms with van der Waals surface area (Å²) in [7, 11) is 0. The van der Waals surface area contributed by atoms with Gasteiger partial charge in [-0.3, -0.25) is 0 Å². The Labute approximate surface area is 154 Å². The summed E-state index contributed by atoms with van der Waals surface area (Å²) >= 11 is 0. The summed E-state index contributed by atoms with van der Waals surface area (Å²) in [6.07, 6.45) is 15.2. The molecule has 25 heavy (non-hydrogen) atoms. The number of fused-ring (bicyclic) bond motifs is 5. The Bertz CT molecular complexity index is 526. The molecule has 4 rings (SSSR count). The van der Waals surface area contributed by atoms with Gasteiger partial charge < -0.3 is 9.84 Å². The second-order valence-electron chi connectivity index (χ2n) is 9.99. The van der Waals surface area contributed by atoms with E-state index >= 15 is 0 Å². The lowest BCUT2D eigenvalue weighted by molar-refractivity contribution is -0.0547. The molecule has 0 aromatic carbocycles. The average Bonchev–Trinajstić information content (AvgIpc) is 2.92. The first kappa shape index (κ1) is 18.0. The molecule has 0 aliphatic heterocycles. The highest BCUT2D eigenvalue weighted by Gasteiger charge is 2.57. The van der Waals surface area contributed by atoms with Gasteiger partial charge in [0.25, 0.3) is 0 Å². The van der Waals surface area contributed by atoms with Crippen LogP contribution in [-0.2, 0) is 4.74 Å². The van der Waals surface area contributed by atoms with Gasteiger partial charge in [-0.2, -0.15) is 0 Å². The predicted octanol–water partition coefficient (Wildman–Crippen LogP) is 5.50. The lowest BCUT2D eigenvalue weighted by Crippen LogP contribution is -2.49. The van der Waals surface area contributed by atoms with Crippen LogP contribution >= 0.6 is 0 Å². The summed E-state index contributed by atoms with van der Waals surface area (Å²) < 4.78 is 6.38. The van der Waals surface area contributed by atoms with E-state index in [0.717, 1.165) is 31.3 Å². The van der Waals surface area contributed by atoms with Crippen LogP contribution < -0.4 is 0 Å². The molecular weight excluding hydrogens is 308 g/mol. The largest absolute Gasteiger partial charge is 0.393 e. The first-order valence-electron chi connectivity index (χ1n) is 11.0. The monoisotopic (exact) mass is 346 g/mol. The third kappa shape index (κ3) is 2.83. The molecule has 0 radical (unpaired) electrons. The van der Waals surface area contributed by atoms with Gasteiger partial charge in [0, 0.05) is 12.0 Å². The van der Waals surface area contributed by atoms with Gasteiger partial charge in [0.1, 0.15) is 0 Å². The van der Waals surface area contributed by atoms with Gasteiger partial charge in [-0.05, 0) is 81.0 Å². The predicted molar refractivity (Wildman–Crippen MR) is 102 cm³/mol. The minimum absolute atomic E-state index is 0.0492. The van der Waals surface area contributed by atoms with Crippen molar-refractivity contribution in [2.24, 2.45) is 28.6 Å². The first-order chi connectivity index (χ1) is 12.0. The zero-order chi connectivity index (χ0) is 17.7. The number of hydrogen-bond acceptors (Lipinski definition) is 2. The van der Waals surface area contributed by atoms with Gasteiger partial charge in [-0.15, -0.1) is 0 Å². The van der Waals surface area contributed by atoms with Crippen LogP contribution in [0.4, 0.5) is 0 Å². The smallest absolute Gasteiger partial charge is 0.0634 e. The van der Waals surface area contributed by atoms with Gasteiger partial charge in [0.05, 0.1) is 12.2 Å². The van der Waals surface area contributed by atoms with Crippen LogP contribution in [0.3, 0.4) is 0 Å². The van der Waals surface area contributed by atoms with Gasteiger partial charge in [0.2, 0.25) is 0 Å². The van der Waals surface area contributed by atoms with Crippen LogP contribution in [0.15, 0.2) is 11.6 Å². The second-order valence-corrected chi connectivity index (χ2v) is 9.99. The highest BCUT2D eigenvalue weighted by atomic mass is 16.5. The Kier molecular flexibility index (Phi) is 4.82. The van der Waals surface area contributed by atoms with Crippen molar-refractivity contribution >= 4 is 0 Å². The van der Waals surface area contributed by atoms with E-state index in [9.17, 15) is 5.11 Å². The van der Waals surface area contributed by atoms with Crippen LogP contribution in [0.1, 0.15) is 85.0 Å². The molecule has 0 amide bonds. The number of unbranched alkanes of at least 4 members (excludes halogenated alkanes) is 1. The number of hydrogen-bond donors (Lipinski definition) is 1. The normalized spacial score (nSPS) is 49.1. The van der Waals surface area contributed by atoms with E-state index in [-0.39, 0.29) is 6.10 Å². The van der Waals surface area contributed by atoms with Crippen LogP contribution in [0.25, 0.3) is 0 Å². The third-order valence-electron chi connectivity index (χ3n) is 8.73. The number of aliphatic hydroxyl groups excluding tert-OH is 1. The molecule has 0 heterocycles. The highest BCUT2D eigenvalue weighted by molar-refractivity contribution is 5.29. The van der Waals surface area contributed by atoms with Crippen molar-refractivity contribution in [1.29, 1.82) is 0 Å². The molecule has 7 unspecified atom stereocenters. The summed E-state index contributed by atoms with van der Waals surface area (Å²) in [5, 5.41) is 10.2. The number of ether oxygens (including phenoxy) is 1. The summed E-state index contributed by atoms with van der Waals surface area (Å²) in [6, 6.07) is 0. The molecule has 142 valence electrons. The maximum Gasteiger partial charge on any atom is 0.0634 e. The van der Waals surface area contributed by atoms with E-state index < -0.39 is 0 Å². The van der Waals surface area contributed by atoms with Crippen molar-refractivity contribution in [3.8, 4) is 0 Å². The molecular formula is C23H38O2. The zero-order valence-electron chi connectivity index (χ0n) is 16.6. The number of allylic oxidation sites excluding steroid dienone is 2. The van der Waals surface area contributed by atoms with Crippen LogP contribution in [0.5, 0.6) is 0 Å². The summed E-state index contributed by atoms with van der Waals surface area (Å²) in [4.78, 5) is 0. The lowest BCUT2D eigenvalue weighted by atomic mass is 9.49. The zero-order valence-corrected chi connectivity index (χ0v) is 16.6. The van der Waals surface area contributed by atoms with Gasteiger partial charge in [-0.1, -0.05) is 38.8 Å². The standard InChI is InChI=1S/C23H38O2/c1-4-5-14-25-21-9-8-19-18-7-6-16-15-17(24)10-12-22(16,2)20(18)11-13-23(19,21)3/h11,16-19,21,24H,4-10,12-15H2,1-3H3. The van der Waals surface area contributed by atoms with Crippen molar-refractivity contribution in [1.82, 2.24) is 0 Å². The fraction of sp³-hybridized carbons (Fsp3) is 0.913. The maximum atomic E-state index is 10.2. The average molecular weight is 347 g/mol. The Morgan fingerprint density at radius 3 is 2.80 bits per heavy atom. The van der Waals surface area contributed by atoms with Crippen molar-refractivity contribution in [3.05, 3.63) is 11.6 Å². The Morgan fingerprint density at radius 2 is 2.00 bits per heavy atom. The van der Waals surface area contributed by atoms with E-state index in [2.05, 4.69) is 26.8 Å².